The zero-order valence-electron chi connectivity index (χ0n) is 17.0. The van der Waals surface area contributed by atoms with Gasteiger partial charge >= 0.3 is 6.01 Å². The van der Waals surface area contributed by atoms with Crippen LogP contribution < -0.4 is 10.6 Å². The van der Waals surface area contributed by atoms with E-state index in [1.165, 1.54) is 6.92 Å². The first-order chi connectivity index (χ1) is 14.7. The molecule has 30 heavy (non-hydrogen) atoms. The van der Waals surface area contributed by atoms with Crippen molar-refractivity contribution >= 4 is 11.9 Å². The maximum absolute atomic E-state index is 11.0. The number of amides is 1. The Bertz CT molecular complexity index is 948. The summed E-state index contributed by atoms with van der Waals surface area (Å²) < 4.78 is 11.3. The SMILES string of the molecule is CC(=O)Nc1nnc(CNC2CC2C2C=CC=C(OCc3ccccc3)C=CC2)o1. The van der Waals surface area contributed by atoms with Crippen LogP contribution in [-0.4, -0.2) is 22.1 Å². The first-order valence-electron chi connectivity index (χ1n) is 10.2. The third-order valence-corrected chi connectivity index (χ3v) is 5.21. The topological polar surface area (TPSA) is 89.3 Å². The molecule has 7 heteroatoms. The molecule has 0 spiro atoms. The van der Waals surface area contributed by atoms with Crippen LogP contribution in [0.25, 0.3) is 0 Å². The van der Waals surface area contributed by atoms with E-state index in [0.29, 0.717) is 36.9 Å². The maximum Gasteiger partial charge on any atom is 0.322 e. The van der Waals surface area contributed by atoms with E-state index in [2.05, 4.69) is 57.3 Å². The molecule has 156 valence electrons. The minimum atomic E-state index is -0.229. The van der Waals surface area contributed by atoms with Crippen molar-refractivity contribution in [2.45, 2.75) is 39.0 Å². The highest BCUT2D eigenvalue weighted by atomic mass is 16.5. The van der Waals surface area contributed by atoms with E-state index >= 15 is 0 Å². The average molecular weight is 406 g/mol. The summed E-state index contributed by atoms with van der Waals surface area (Å²) in [6.07, 6.45) is 12.8. The smallest absolute Gasteiger partial charge is 0.322 e. The van der Waals surface area contributed by atoms with Crippen molar-refractivity contribution in [1.82, 2.24) is 15.5 Å². The monoisotopic (exact) mass is 406 g/mol. The molecule has 3 unspecified atom stereocenters. The van der Waals surface area contributed by atoms with Gasteiger partial charge in [0.15, 0.2) is 0 Å². The molecule has 1 saturated carbocycles. The zero-order chi connectivity index (χ0) is 20.8. The first-order valence-corrected chi connectivity index (χ1v) is 10.2. The van der Waals surface area contributed by atoms with Crippen LogP contribution in [0.5, 0.6) is 0 Å². The molecule has 2 N–H and O–H groups in total. The summed E-state index contributed by atoms with van der Waals surface area (Å²) in [5.41, 5.74) is 1.16. The molecule has 3 atom stereocenters. The molecule has 1 heterocycles. The molecule has 0 saturated heterocycles. The lowest BCUT2D eigenvalue weighted by molar-refractivity contribution is -0.114. The van der Waals surface area contributed by atoms with Gasteiger partial charge in [-0.3, -0.25) is 10.1 Å². The predicted molar refractivity (Wildman–Crippen MR) is 113 cm³/mol. The van der Waals surface area contributed by atoms with Crippen molar-refractivity contribution in [3.63, 3.8) is 0 Å². The number of benzene rings is 1. The van der Waals surface area contributed by atoms with Crippen LogP contribution in [0.4, 0.5) is 6.01 Å². The van der Waals surface area contributed by atoms with Crippen molar-refractivity contribution in [1.29, 1.82) is 0 Å². The number of hydrogen-bond acceptors (Lipinski definition) is 6. The Labute approximate surface area is 175 Å². The van der Waals surface area contributed by atoms with E-state index in [1.54, 1.807) is 0 Å². The second-order valence-corrected chi connectivity index (χ2v) is 7.60. The number of carbonyl (C=O) groups is 1. The molecule has 1 aromatic heterocycles. The number of nitrogens with zero attached hydrogens (tertiary/aromatic N) is 2. The third kappa shape index (κ3) is 5.67. The van der Waals surface area contributed by atoms with E-state index in [4.69, 9.17) is 9.15 Å². The van der Waals surface area contributed by atoms with Gasteiger partial charge in [0.25, 0.3) is 0 Å². The van der Waals surface area contributed by atoms with Crippen LogP contribution in [0.15, 0.2) is 70.9 Å². The highest BCUT2D eigenvalue weighted by molar-refractivity contribution is 5.86. The van der Waals surface area contributed by atoms with Gasteiger partial charge < -0.3 is 14.5 Å². The molecule has 1 aromatic carbocycles. The molecule has 2 aliphatic rings. The fraction of sp³-hybridized carbons (Fsp3) is 0.348. The van der Waals surface area contributed by atoms with Gasteiger partial charge in [0.2, 0.25) is 11.8 Å². The molecule has 0 aliphatic heterocycles. The van der Waals surface area contributed by atoms with Crippen LogP contribution in [-0.2, 0) is 22.7 Å². The van der Waals surface area contributed by atoms with E-state index in [-0.39, 0.29) is 11.9 Å². The van der Waals surface area contributed by atoms with E-state index < -0.39 is 0 Å². The fourth-order valence-corrected chi connectivity index (χ4v) is 3.59. The van der Waals surface area contributed by atoms with Gasteiger partial charge in [-0.2, -0.15) is 0 Å². The second-order valence-electron chi connectivity index (χ2n) is 7.60. The Morgan fingerprint density at radius 3 is 2.97 bits per heavy atom. The van der Waals surface area contributed by atoms with Crippen LogP contribution in [0, 0.1) is 11.8 Å². The standard InChI is InChI=1S/C23H26N4O3/c1-16(28)25-23-27-26-22(30-23)14-24-21-13-20(21)18-9-5-11-19(12-6-10-18)29-15-17-7-3-2-4-8-17/h2-9,11-12,18,20-21,24H,10,13-15H2,1H3,(H,25,27,28). The molecule has 0 bridgehead atoms. The molecule has 7 nitrogen and oxygen atoms in total. The van der Waals surface area contributed by atoms with Crippen LogP contribution >= 0.6 is 0 Å². The fourth-order valence-electron chi connectivity index (χ4n) is 3.59. The zero-order valence-corrected chi connectivity index (χ0v) is 17.0. The quantitative estimate of drug-likeness (QED) is 0.694. The van der Waals surface area contributed by atoms with E-state index in [1.807, 2.05) is 24.3 Å². The molecule has 2 aromatic rings. The highest BCUT2D eigenvalue weighted by Gasteiger charge is 2.41. The minimum Gasteiger partial charge on any atom is -0.489 e. The molecule has 1 amide bonds. The summed E-state index contributed by atoms with van der Waals surface area (Å²) in [5, 5.41) is 13.7. The number of aromatic nitrogens is 2. The number of hydrogen-bond donors (Lipinski definition) is 2. The maximum atomic E-state index is 11.0. The van der Waals surface area contributed by atoms with Crippen molar-refractivity contribution < 1.29 is 13.9 Å². The Balaban J connectivity index is 1.23. The van der Waals surface area contributed by atoms with Gasteiger partial charge in [-0.15, -0.1) is 5.10 Å². The van der Waals surface area contributed by atoms with E-state index in [0.717, 1.165) is 24.2 Å². The molecule has 2 aliphatic carbocycles. The van der Waals surface area contributed by atoms with Gasteiger partial charge in [0, 0.05) is 13.0 Å². The Morgan fingerprint density at radius 2 is 2.13 bits per heavy atom. The highest BCUT2D eigenvalue weighted by Crippen LogP contribution is 2.40. The molecular formula is C23H26N4O3. The summed E-state index contributed by atoms with van der Waals surface area (Å²) in [6.45, 7) is 2.47. The lowest BCUT2D eigenvalue weighted by atomic mass is 9.97. The molecule has 0 radical (unpaired) electrons. The summed E-state index contributed by atoms with van der Waals surface area (Å²) in [4.78, 5) is 11.0. The number of allylic oxidation sites excluding steroid dienone is 5. The summed E-state index contributed by atoms with van der Waals surface area (Å²) in [6, 6.07) is 10.7. The van der Waals surface area contributed by atoms with Crippen LogP contribution in [0.2, 0.25) is 0 Å². The summed E-state index contributed by atoms with van der Waals surface area (Å²) in [7, 11) is 0. The lowest BCUT2D eigenvalue weighted by Gasteiger charge is -2.13. The van der Waals surface area contributed by atoms with E-state index in [9.17, 15) is 4.79 Å². The van der Waals surface area contributed by atoms with Gasteiger partial charge in [0.05, 0.1) is 6.54 Å². The summed E-state index contributed by atoms with van der Waals surface area (Å²) >= 11 is 0. The van der Waals surface area contributed by atoms with Gasteiger partial charge in [-0.1, -0.05) is 53.7 Å². The van der Waals surface area contributed by atoms with Gasteiger partial charge in [-0.05, 0) is 42.4 Å². The third-order valence-electron chi connectivity index (χ3n) is 5.21. The number of nitrogens with one attached hydrogen (secondary N) is 2. The Hall–Kier alpha value is -3.19. The van der Waals surface area contributed by atoms with Crippen molar-refractivity contribution in [3.8, 4) is 0 Å². The average Bonchev–Trinajstić information content (AvgIpc) is 3.35. The van der Waals surface area contributed by atoms with Crippen molar-refractivity contribution in [2.75, 3.05) is 5.32 Å². The molecule has 4 rings (SSSR count). The normalized spacial score (nSPS) is 22.7. The number of ether oxygens (including phenoxy) is 1. The minimum absolute atomic E-state index is 0.136. The molecule has 1 fully saturated rings. The first kappa shape index (κ1) is 20.1. The van der Waals surface area contributed by atoms with Crippen molar-refractivity contribution in [2.24, 2.45) is 11.8 Å². The number of rotatable bonds is 8. The van der Waals surface area contributed by atoms with Crippen LogP contribution in [0.3, 0.4) is 0 Å². The van der Waals surface area contributed by atoms with Crippen LogP contribution in [0.1, 0.15) is 31.2 Å². The Kier molecular flexibility index (Phi) is 6.39. The largest absolute Gasteiger partial charge is 0.489 e. The lowest BCUT2D eigenvalue weighted by Crippen LogP contribution is -2.20. The number of anilines is 1. The second kappa shape index (κ2) is 9.54. The van der Waals surface area contributed by atoms with Gasteiger partial charge in [-0.25, -0.2) is 0 Å². The molecular weight excluding hydrogens is 380 g/mol. The summed E-state index contributed by atoms with van der Waals surface area (Å²) in [5.74, 6) is 2.20. The Morgan fingerprint density at radius 1 is 1.27 bits per heavy atom. The predicted octanol–water partition coefficient (Wildman–Crippen LogP) is 3.74. The van der Waals surface area contributed by atoms with Crippen molar-refractivity contribution in [3.05, 3.63) is 77.9 Å². The number of carbonyl (C=O) groups excluding carboxylic acids is 1. The van der Waals surface area contributed by atoms with Gasteiger partial charge in [0.1, 0.15) is 12.4 Å².